The fraction of sp³-hybridized carbons (Fsp3) is 0.550. The Labute approximate surface area is 165 Å². The molecule has 2 amide bonds. The zero-order chi connectivity index (χ0) is 20.5. The van der Waals surface area contributed by atoms with Crippen LogP contribution in [0.2, 0.25) is 0 Å². The summed E-state index contributed by atoms with van der Waals surface area (Å²) in [5, 5.41) is 5.55. The summed E-state index contributed by atoms with van der Waals surface area (Å²) in [6.45, 7) is 7.01. The number of piperazine rings is 1. The Morgan fingerprint density at radius 2 is 2.14 bits per heavy atom. The van der Waals surface area contributed by atoms with Gasteiger partial charge in [-0.2, -0.15) is 0 Å². The Morgan fingerprint density at radius 3 is 2.86 bits per heavy atom. The fourth-order valence-corrected chi connectivity index (χ4v) is 2.91. The van der Waals surface area contributed by atoms with E-state index in [0.717, 1.165) is 0 Å². The molecule has 154 valence electrons. The van der Waals surface area contributed by atoms with Gasteiger partial charge in [-0.15, -0.1) is 0 Å². The van der Waals surface area contributed by atoms with Gasteiger partial charge in [-0.05, 0) is 32.4 Å². The highest BCUT2D eigenvalue weighted by Gasteiger charge is 2.33. The third kappa shape index (κ3) is 6.84. The van der Waals surface area contributed by atoms with Crippen LogP contribution in [0.15, 0.2) is 24.3 Å². The number of esters is 1. The van der Waals surface area contributed by atoms with Crippen molar-refractivity contribution in [3.05, 3.63) is 24.3 Å². The monoisotopic (exact) mass is 391 g/mol. The molecule has 0 aromatic heterocycles. The molecule has 8 nitrogen and oxygen atoms in total. The Kier molecular flexibility index (Phi) is 8.25. The standard InChI is InChI=1S/C20H29N3O5/c1-4-10-27-19(25)12-17-20(26)21-8-9-23(17)13-18(24)22-15-6-5-7-16(11-15)28-14(2)3/h5-7,11,14,17H,4,8-10,12-13H2,1-3H3,(H,21,26)(H,22,24). The van der Waals surface area contributed by atoms with Crippen LogP contribution in [0, 0.1) is 0 Å². The van der Waals surface area contributed by atoms with Crippen molar-refractivity contribution in [2.45, 2.75) is 45.8 Å². The van der Waals surface area contributed by atoms with Crippen LogP contribution in [0.3, 0.4) is 0 Å². The van der Waals surface area contributed by atoms with E-state index in [0.29, 0.717) is 37.6 Å². The van der Waals surface area contributed by atoms with Crippen molar-refractivity contribution < 1.29 is 23.9 Å². The van der Waals surface area contributed by atoms with Gasteiger partial charge in [0.15, 0.2) is 0 Å². The number of rotatable bonds is 9. The molecule has 1 fully saturated rings. The predicted octanol–water partition coefficient (Wildman–Crippen LogP) is 1.56. The summed E-state index contributed by atoms with van der Waals surface area (Å²) in [5.41, 5.74) is 0.614. The van der Waals surface area contributed by atoms with Gasteiger partial charge in [-0.3, -0.25) is 19.3 Å². The SMILES string of the molecule is CCCOC(=O)CC1C(=O)NCCN1CC(=O)Nc1cccc(OC(C)C)c1. The average Bonchev–Trinajstić information content (AvgIpc) is 2.62. The van der Waals surface area contributed by atoms with E-state index in [-0.39, 0.29) is 30.9 Å². The van der Waals surface area contributed by atoms with Gasteiger partial charge >= 0.3 is 5.97 Å². The van der Waals surface area contributed by atoms with Crippen LogP contribution in [0.25, 0.3) is 0 Å². The molecule has 1 heterocycles. The first-order chi connectivity index (χ1) is 13.4. The first kappa shape index (κ1) is 21.7. The first-order valence-corrected chi connectivity index (χ1v) is 9.63. The van der Waals surface area contributed by atoms with Gasteiger partial charge < -0.3 is 20.1 Å². The zero-order valence-corrected chi connectivity index (χ0v) is 16.7. The molecule has 0 radical (unpaired) electrons. The molecule has 1 atom stereocenters. The predicted molar refractivity (Wildman–Crippen MR) is 105 cm³/mol. The highest BCUT2D eigenvalue weighted by molar-refractivity contribution is 5.93. The van der Waals surface area contributed by atoms with Crippen molar-refractivity contribution >= 4 is 23.5 Å². The molecule has 2 N–H and O–H groups in total. The van der Waals surface area contributed by atoms with Gasteiger partial charge in [-0.25, -0.2) is 0 Å². The van der Waals surface area contributed by atoms with Gasteiger partial charge in [0.2, 0.25) is 11.8 Å². The number of ether oxygens (including phenoxy) is 2. The van der Waals surface area contributed by atoms with E-state index >= 15 is 0 Å². The van der Waals surface area contributed by atoms with E-state index in [1.54, 1.807) is 23.1 Å². The van der Waals surface area contributed by atoms with Crippen LogP contribution in [0.1, 0.15) is 33.6 Å². The minimum Gasteiger partial charge on any atom is -0.491 e. The van der Waals surface area contributed by atoms with Gasteiger partial charge in [0.1, 0.15) is 11.8 Å². The summed E-state index contributed by atoms with van der Waals surface area (Å²) >= 11 is 0. The number of benzene rings is 1. The highest BCUT2D eigenvalue weighted by atomic mass is 16.5. The number of hydrogen-bond acceptors (Lipinski definition) is 6. The van der Waals surface area contributed by atoms with Crippen LogP contribution >= 0.6 is 0 Å². The molecule has 1 unspecified atom stereocenters. The van der Waals surface area contributed by atoms with Crippen molar-refractivity contribution in [1.29, 1.82) is 0 Å². The summed E-state index contributed by atoms with van der Waals surface area (Å²) in [4.78, 5) is 38.3. The van der Waals surface area contributed by atoms with Gasteiger partial charge in [0.05, 0.1) is 25.7 Å². The summed E-state index contributed by atoms with van der Waals surface area (Å²) in [7, 11) is 0. The average molecular weight is 391 g/mol. The number of amides is 2. The third-order valence-electron chi connectivity index (χ3n) is 4.11. The molecular formula is C20H29N3O5. The second-order valence-electron chi connectivity index (χ2n) is 6.94. The Balaban J connectivity index is 1.96. The normalized spacial score (nSPS) is 17.1. The topological polar surface area (TPSA) is 97.0 Å². The molecular weight excluding hydrogens is 362 g/mol. The van der Waals surface area contributed by atoms with Gasteiger partial charge in [-0.1, -0.05) is 13.0 Å². The summed E-state index contributed by atoms with van der Waals surface area (Å²) in [6, 6.07) is 6.43. The zero-order valence-electron chi connectivity index (χ0n) is 16.7. The smallest absolute Gasteiger partial charge is 0.307 e. The maximum Gasteiger partial charge on any atom is 0.307 e. The number of anilines is 1. The van der Waals surface area contributed by atoms with Crippen molar-refractivity contribution in [1.82, 2.24) is 10.2 Å². The van der Waals surface area contributed by atoms with E-state index in [1.807, 2.05) is 26.8 Å². The first-order valence-electron chi connectivity index (χ1n) is 9.63. The van der Waals surface area contributed by atoms with Crippen molar-refractivity contribution in [3.63, 3.8) is 0 Å². The Bertz CT molecular complexity index is 692. The maximum absolute atomic E-state index is 12.5. The maximum atomic E-state index is 12.5. The molecule has 0 aliphatic carbocycles. The van der Waals surface area contributed by atoms with Crippen LogP contribution < -0.4 is 15.4 Å². The number of carbonyl (C=O) groups excluding carboxylic acids is 3. The van der Waals surface area contributed by atoms with E-state index in [1.165, 1.54) is 0 Å². The Morgan fingerprint density at radius 1 is 1.36 bits per heavy atom. The van der Waals surface area contributed by atoms with E-state index < -0.39 is 12.0 Å². The lowest BCUT2D eigenvalue weighted by molar-refractivity contribution is -0.148. The highest BCUT2D eigenvalue weighted by Crippen LogP contribution is 2.19. The van der Waals surface area contributed by atoms with Gasteiger partial charge in [0.25, 0.3) is 0 Å². The molecule has 1 aromatic carbocycles. The lowest BCUT2D eigenvalue weighted by Crippen LogP contribution is -2.57. The third-order valence-corrected chi connectivity index (χ3v) is 4.11. The number of hydrogen-bond donors (Lipinski definition) is 2. The summed E-state index contributed by atoms with van der Waals surface area (Å²) in [5.74, 6) is -0.294. The van der Waals surface area contributed by atoms with E-state index in [9.17, 15) is 14.4 Å². The molecule has 8 heteroatoms. The van der Waals surface area contributed by atoms with Crippen LogP contribution in [0.4, 0.5) is 5.69 Å². The van der Waals surface area contributed by atoms with Crippen molar-refractivity contribution in [2.24, 2.45) is 0 Å². The second-order valence-corrected chi connectivity index (χ2v) is 6.94. The minimum absolute atomic E-state index is 0.00834. The second kappa shape index (κ2) is 10.7. The molecule has 0 bridgehead atoms. The molecule has 1 saturated heterocycles. The van der Waals surface area contributed by atoms with E-state index in [4.69, 9.17) is 9.47 Å². The van der Waals surface area contributed by atoms with Crippen LogP contribution in [-0.2, 0) is 19.1 Å². The number of nitrogens with one attached hydrogen (secondary N) is 2. The van der Waals surface area contributed by atoms with Gasteiger partial charge in [0, 0.05) is 24.8 Å². The van der Waals surface area contributed by atoms with E-state index in [2.05, 4.69) is 10.6 Å². The summed E-state index contributed by atoms with van der Waals surface area (Å²) in [6.07, 6.45) is 0.677. The number of carbonyl (C=O) groups is 3. The molecule has 1 aromatic rings. The van der Waals surface area contributed by atoms with Crippen LogP contribution in [0.5, 0.6) is 5.75 Å². The van der Waals surface area contributed by atoms with Crippen molar-refractivity contribution in [3.8, 4) is 5.75 Å². The molecule has 0 spiro atoms. The number of nitrogens with zero attached hydrogens (tertiary/aromatic N) is 1. The Hall–Kier alpha value is -2.61. The largest absolute Gasteiger partial charge is 0.491 e. The lowest BCUT2D eigenvalue weighted by Gasteiger charge is -2.33. The molecule has 0 saturated carbocycles. The molecule has 28 heavy (non-hydrogen) atoms. The molecule has 1 aliphatic rings. The fourth-order valence-electron chi connectivity index (χ4n) is 2.91. The minimum atomic E-state index is -0.709. The lowest BCUT2D eigenvalue weighted by atomic mass is 10.1. The van der Waals surface area contributed by atoms with Crippen molar-refractivity contribution in [2.75, 3.05) is 31.6 Å². The quantitative estimate of drug-likeness (QED) is 0.620. The summed E-state index contributed by atoms with van der Waals surface area (Å²) < 4.78 is 10.7. The van der Waals surface area contributed by atoms with Crippen LogP contribution in [-0.4, -0.2) is 61.1 Å². The molecule has 2 rings (SSSR count). The molecule has 1 aliphatic heterocycles.